The van der Waals surface area contributed by atoms with Crippen molar-refractivity contribution < 1.29 is 4.39 Å². The first-order valence-corrected chi connectivity index (χ1v) is 9.92. The zero-order valence-electron chi connectivity index (χ0n) is 15.9. The van der Waals surface area contributed by atoms with Crippen LogP contribution in [0.15, 0.2) is 42.5 Å². The minimum atomic E-state index is -0.0942. The van der Waals surface area contributed by atoms with E-state index in [0.29, 0.717) is 11.5 Å². The van der Waals surface area contributed by atoms with Gasteiger partial charge in [0.05, 0.1) is 0 Å². The van der Waals surface area contributed by atoms with Crippen LogP contribution in [0.4, 0.5) is 4.39 Å². The maximum Gasteiger partial charge on any atom is 0.131 e. The fraction of sp³-hybridized carbons (Fsp3) is 0.500. The second-order valence-electron chi connectivity index (χ2n) is 8.05. The predicted molar refractivity (Wildman–Crippen MR) is 105 cm³/mol. The van der Waals surface area contributed by atoms with E-state index in [1.807, 2.05) is 30.3 Å². The quantitative estimate of drug-likeness (QED) is 0.541. The summed E-state index contributed by atoms with van der Waals surface area (Å²) in [6.45, 7) is 6.72. The van der Waals surface area contributed by atoms with Crippen molar-refractivity contribution in [2.24, 2.45) is 17.8 Å². The molecule has 0 aromatic heterocycles. The second-order valence-corrected chi connectivity index (χ2v) is 8.05. The van der Waals surface area contributed by atoms with Crippen LogP contribution in [0.25, 0.3) is 11.1 Å². The molecule has 134 valence electrons. The van der Waals surface area contributed by atoms with Crippen molar-refractivity contribution in [2.45, 2.75) is 59.3 Å². The van der Waals surface area contributed by atoms with Gasteiger partial charge in [0.25, 0.3) is 0 Å². The zero-order chi connectivity index (χ0) is 17.8. The van der Waals surface area contributed by atoms with E-state index in [4.69, 9.17) is 0 Å². The van der Waals surface area contributed by atoms with E-state index in [9.17, 15) is 4.39 Å². The fourth-order valence-electron chi connectivity index (χ4n) is 4.36. The first kappa shape index (κ1) is 18.2. The van der Waals surface area contributed by atoms with Crippen LogP contribution >= 0.6 is 0 Å². The van der Waals surface area contributed by atoms with Crippen molar-refractivity contribution in [1.82, 2.24) is 0 Å². The lowest BCUT2D eigenvalue weighted by Crippen LogP contribution is -2.21. The number of hydrogen-bond donors (Lipinski definition) is 0. The van der Waals surface area contributed by atoms with Gasteiger partial charge in [-0.1, -0.05) is 75.1 Å². The van der Waals surface area contributed by atoms with Crippen LogP contribution < -0.4 is 0 Å². The first-order chi connectivity index (χ1) is 12.1. The Balaban J connectivity index is 1.65. The molecule has 0 nitrogen and oxygen atoms in total. The predicted octanol–water partition coefficient (Wildman–Crippen LogP) is 7.20. The molecule has 2 aromatic rings. The second kappa shape index (κ2) is 8.17. The number of aryl methyl sites for hydroxylation is 1. The summed E-state index contributed by atoms with van der Waals surface area (Å²) in [5.74, 6) is 2.29. The third-order valence-corrected chi connectivity index (χ3v) is 6.23. The molecule has 0 N–H and O–H groups in total. The lowest BCUT2D eigenvalue weighted by molar-refractivity contribution is 0.210. The van der Waals surface area contributed by atoms with Gasteiger partial charge < -0.3 is 0 Å². The molecule has 3 rings (SSSR count). The normalized spacial score (nSPS) is 21.9. The zero-order valence-corrected chi connectivity index (χ0v) is 15.9. The number of benzene rings is 2. The molecule has 25 heavy (non-hydrogen) atoms. The first-order valence-electron chi connectivity index (χ1n) is 9.92. The van der Waals surface area contributed by atoms with Crippen molar-refractivity contribution in [3.05, 3.63) is 59.4 Å². The Kier molecular flexibility index (Phi) is 5.93. The molecule has 0 radical (unpaired) electrons. The Labute approximate surface area is 152 Å². The van der Waals surface area contributed by atoms with Crippen molar-refractivity contribution in [1.29, 1.82) is 0 Å². The van der Waals surface area contributed by atoms with E-state index in [-0.39, 0.29) is 5.82 Å². The van der Waals surface area contributed by atoms with E-state index in [2.05, 4.69) is 26.8 Å². The molecular weight excluding hydrogens is 307 g/mol. The molecule has 1 heteroatoms. The Morgan fingerprint density at radius 2 is 1.68 bits per heavy atom. The number of hydrogen-bond acceptors (Lipinski definition) is 0. The lowest BCUT2D eigenvalue weighted by Gasteiger charge is -2.32. The van der Waals surface area contributed by atoms with Crippen molar-refractivity contribution >= 4 is 0 Å². The fourth-order valence-corrected chi connectivity index (χ4v) is 4.36. The van der Waals surface area contributed by atoms with E-state index >= 15 is 0 Å². The molecule has 0 spiro atoms. The highest BCUT2D eigenvalue weighted by molar-refractivity contribution is 5.64. The highest BCUT2D eigenvalue weighted by Crippen LogP contribution is 2.36. The van der Waals surface area contributed by atoms with Gasteiger partial charge in [-0.05, 0) is 61.1 Å². The number of rotatable bonds is 5. The van der Waals surface area contributed by atoms with E-state index in [1.165, 1.54) is 37.7 Å². The summed E-state index contributed by atoms with van der Waals surface area (Å²) in [6, 6.07) is 13.9. The maximum atomic E-state index is 14.6. The minimum absolute atomic E-state index is 0.0942. The summed E-state index contributed by atoms with van der Waals surface area (Å²) < 4.78 is 14.6. The summed E-state index contributed by atoms with van der Waals surface area (Å²) in [4.78, 5) is 0. The van der Waals surface area contributed by atoms with Gasteiger partial charge in [0.15, 0.2) is 0 Å². The van der Waals surface area contributed by atoms with Gasteiger partial charge in [0, 0.05) is 5.56 Å². The Hall–Kier alpha value is -1.63. The van der Waals surface area contributed by atoms with Gasteiger partial charge in [-0.15, -0.1) is 0 Å². The van der Waals surface area contributed by atoms with Crippen LogP contribution in [-0.4, -0.2) is 0 Å². The molecule has 0 saturated heterocycles. The molecule has 0 aliphatic heterocycles. The van der Waals surface area contributed by atoms with Gasteiger partial charge in [-0.2, -0.15) is 0 Å². The third-order valence-electron chi connectivity index (χ3n) is 6.23. The lowest BCUT2D eigenvalue weighted by atomic mass is 9.74. The highest BCUT2D eigenvalue weighted by atomic mass is 19.1. The van der Waals surface area contributed by atoms with E-state index in [0.717, 1.165) is 29.4 Å². The van der Waals surface area contributed by atoms with Crippen LogP contribution in [-0.2, 0) is 6.42 Å². The van der Waals surface area contributed by atoms with E-state index in [1.54, 1.807) is 6.07 Å². The topological polar surface area (TPSA) is 0 Å². The molecule has 0 amide bonds. The average molecular weight is 339 g/mol. The molecule has 1 saturated carbocycles. The smallest absolute Gasteiger partial charge is 0.131 e. The van der Waals surface area contributed by atoms with Crippen LogP contribution in [0.5, 0.6) is 0 Å². The van der Waals surface area contributed by atoms with E-state index < -0.39 is 0 Å². The molecule has 1 unspecified atom stereocenters. The molecule has 1 atom stereocenters. The Morgan fingerprint density at radius 1 is 1.00 bits per heavy atom. The maximum absolute atomic E-state index is 14.6. The summed E-state index contributed by atoms with van der Waals surface area (Å²) in [6.07, 6.45) is 7.78. The largest absolute Gasteiger partial charge is 0.206 e. The SMILES string of the molecule is CCC1CCC(C(C)Cc2ccc(-c3ccc(C)cc3)c(F)c2)CC1. The highest BCUT2D eigenvalue weighted by Gasteiger charge is 2.24. The van der Waals surface area contributed by atoms with Crippen LogP contribution in [0, 0.1) is 30.5 Å². The van der Waals surface area contributed by atoms with Gasteiger partial charge in [-0.3, -0.25) is 0 Å². The average Bonchev–Trinajstić information content (AvgIpc) is 2.63. The molecule has 0 bridgehead atoms. The van der Waals surface area contributed by atoms with Crippen molar-refractivity contribution in [2.75, 3.05) is 0 Å². The Bertz CT molecular complexity index is 678. The van der Waals surface area contributed by atoms with Crippen LogP contribution in [0.2, 0.25) is 0 Å². The van der Waals surface area contributed by atoms with Crippen LogP contribution in [0.1, 0.15) is 57.1 Å². The minimum Gasteiger partial charge on any atom is -0.206 e. The number of halogens is 1. The summed E-state index contributed by atoms with van der Waals surface area (Å²) in [5, 5.41) is 0. The van der Waals surface area contributed by atoms with Crippen molar-refractivity contribution in [3.8, 4) is 11.1 Å². The van der Waals surface area contributed by atoms with Gasteiger partial charge in [0.2, 0.25) is 0 Å². The summed E-state index contributed by atoms with van der Waals surface area (Å²) >= 11 is 0. The van der Waals surface area contributed by atoms with Gasteiger partial charge in [-0.25, -0.2) is 4.39 Å². The molecular formula is C24H31F. The molecule has 1 aliphatic carbocycles. The summed E-state index contributed by atoms with van der Waals surface area (Å²) in [5.41, 5.74) is 4.01. The standard InChI is InChI=1S/C24H31F/c1-4-19-7-12-21(13-8-19)18(3)15-20-9-14-23(24(25)16-20)22-10-5-17(2)6-11-22/h5-6,9-11,14,16,18-19,21H,4,7-8,12-13,15H2,1-3H3. The monoisotopic (exact) mass is 338 g/mol. The molecule has 2 aromatic carbocycles. The Morgan fingerprint density at radius 3 is 2.28 bits per heavy atom. The van der Waals surface area contributed by atoms with Gasteiger partial charge in [0.1, 0.15) is 5.82 Å². The van der Waals surface area contributed by atoms with Gasteiger partial charge >= 0.3 is 0 Å². The molecule has 1 aliphatic rings. The summed E-state index contributed by atoms with van der Waals surface area (Å²) in [7, 11) is 0. The van der Waals surface area contributed by atoms with Crippen molar-refractivity contribution in [3.63, 3.8) is 0 Å². The molecule has 1 fully saturated rings. The third kappa shape index (κ3) is 4.51. The van der Waals surface area contributed by atoms with Crippen LogP contribution in [0.3, 0.4) is 0 Å². The molecule has 0 heterocycles.